The molecule has 3 heterocycles. The lowest BCUT2D eigenvalue weighted by Gasteiger charge is -2.30. The Labute approximate surface area is 205 Å². The molecule has 0 unspecified atom stereocenters. The van der Waals surface area contributed by atoms with Crippen LogP contribution in [0.2, 0.25) is 0 Å². The molecule has 1 amide bonds. The third-order valence-electron chi connectivity index (χ3n) is 6.62. The van der Waals surface area contributed by atoms with Crippen molar-refractivity contribution < 1.29 is 9.53 Å². The smallest absolute Gasteiger partial charge is 0.410 e. The van der Waals surface area contributed by atoms with Crippen LogP contribution in [0.15, 0.2) is 65.6 Å². The van der Waals surface area contributed by atoms with Crippen molar-refractivity contribution in [2.45, 2.75) is 46.3 Å². The number of fused-ring (bicyclic) bond motifs is 3. The Balaban J connectivity index is 1.48. The number of hydrogen-bond donors (Lipinski definition) is 0. The first-order chi connectivity index (χ1) is 16.6. The number of pyridine rings is 1. The van der Waals surface area contributed by atoms with Crippen molar-refractivity contribution in [1.82, 2.24) is 14.0 Å². The number of nitrogens with zero attached hydrogens (tertiary/aromatic N) is 3. The predicted octanol–water partition coefficient (Wildman–Crippen LogP) is 5.60. The van der Waals surface area contributed by atoms with Gasteiger partial charge in [0.2, 0.25) is 0 Å². The standard InChI is InChI=1S/C29H31N3O3/c1-19-6-8-20(9-7-19)21-12-15-32(27(33)16-21)22-10-11-23-24-18-31(28(34)35-29(2,3)4)14-13-25(24)30(5)26(23)17-22/h6-12,15-17H,13-14,18H2,1-5H3. The molecule has 2 aromatic heterocycles. The van der Waals surface area contributed by atoms with Crippen LogP contribution in [0.3, 0.4) is 0 Å². The van der Waals surface area contributed by atoms with Gasteiger partial charge in [-0.2, -0.15) is 0 Å². The van der Waals surface area contributed by atoms with Gasteiger partial charge in [0.15, 0.2) is 0 Å². The minimum atomic E-state index is -0.521. The number of hydrogen-bond acceptors (Lipinski definition) is 3. The summed E-state index contributed by atoms with van der Waals surface area (Å²) >= 11 is 0. The molecule has 6 nitrogen and oxygen atoms in total. The second-order valence-electron chi connectivity index (χ2n) is 10.3. The van der Waals surface area contributed by atoms with Crippen LogP contribution < -0.4 is 5.56 Å². The van der Waals surface area contributed by atoms with E-state index in [-0.39, 0.29) is 11.7 Å². The fraction of sp³-hybridized carbons (Fsp3) is 0.310. The van der Waals surface area contributed by atoms with E-state index >= 15 is 0 Å². The van der Waals surface area contributed by atoms with Gasteiger partial charge in [-0.1, -0.05) is 35.9 Å². The third kappa shape index (κ3) is 4.36. The second-order valence-corrected chi connectivity index (χ2v) is 10.3. The van der Waals surface area contributed by atoms with Crippen molar-refractivity contribution in [3.63, 3.8) is 0 Å². The molecule has 1 aliphatic rings. The lowest BCUT2D eigenvalue weighted by atomic mass is 10.0. The van der Waals surface area contributed by atoms with Gasteiger partial charge in [0.25, 0.3) is 5.56 Å². The Kier molecular flexibility index (Phi) is 5.55. The number of ether oxygens (including phenoxy) is 1. The van der Waals surface area contributed by atoms with Crippen LogP contribution in [-0.2, 0) is 24.8 Å². The SMILES string of the molecule is Cc1ccc(-c2ccn(-c3ccc4c5c(n(C)c4c3)CCN(C(=O)OC(C)(C)C)C5)c(=O)c2)cc1. The highest BCUT2D eigenvalue weighted by Gasteiger charge is 2.29. The summed E-state index contributed by atoms with van der Waals surface area (Å²) in [6.45, 7) is 8.85. The molecule has 180 valence electrons. The Morgan fingerprint density at radius 1 is 0.971 bits per heavy atom. The maximum absolute atomic E-state index is 13.0. The topological polar surface area (TPSA) is 56.5 Å². The molecule has 0 bridgehead atoms. The highest BCUT2D eigenvalue weighted by atomic mass is 16.6. The van der Waals surface area contributed by atoms with Crippen LogP contribution in [-0.4, -0.2) is 32.3 Å². The molecule has 0 N–H and O–H groups in total. The third-order valence-corrected chi connectivity index (χ3v) is 6.62. The van der Waals surface area contributed by atoms with E-state index < -0.39 is 5.60 Å². The Morgan fingerprint density at radius 3 is 2.40 bits per heavy atom. The fourth-order valence-corrected chi connectivity index (χ4v) is 4.81. The van der Waals surface area contributed by atoms with Crippen molar-refractivity contribution in [2.24, 2.45) is 7.05 Å². The molecule has 0 saturated heterocycles. The monoisotopic (exact) mass is 469 g/mol. The molecular formula is C29H31N3O3. The Bertz CT molecular complexity index is 1490. The normalized spacial score (nSPS) is 13.7. The van der Waals surface area contributed by atoms with Crippen molar-refractivity contribution in [3.05, 3.63) is 88.0 Å². The number of aryl methyl sites for hydroxylation is 2. The average Bonchev–Trinajstić information content (AvgIpc) is 3.09. The van der Waals surface area contributed by atoms with E-state index in [0.717, 1.165) is 39.7 Å². The molecule has 6 heteroatoms. The molecule has 1 aliphatic heterocycles. The minimum Gasteiger partial charge on any atom is -0.444 e. The predicted molar refractivity (Wildman–Crippen MR) is 139 cm³/mol. The average molecular weight is 470 g/mol. The molecule has 5 rings (SSSR count). The highest BCUT2D eigenvalue weighted by Crippen LogP contribution is 2.32. The van der Waals surface area contributed by atoms with E-state index in [1.54, 1.807) is 15.5 Å². The number of benzene rings is 2. The lowest BCUT2D eigenvalue weighted by molar-refractivity contribution is 0.0223. The largest absolute Gasteiger partial charge is 0.444 e. The van der Waals surface area contributed by atoms with Gasteiger partial charge in [-0.05, 0) is 57.0 Å². The van der Waals surface area contributed by atoms with Gasteiger partial charge in [0.1, 0.15) is 5.60 Å². The molecule has 0 fully saturated rings. The van der Waals surface area contributed by atoms with Gasteiger partial charge >= 0.3 is 6.09 Å². The van der Waals surface area contributed by atoms with Crippen LogP contribution in [0.5, 0.6) is 0 Å². The lowest BCUT2D eigenvalue weighted by Crippen LogP contribution is -2.40. The first-order valence-corrected chi connectivity index (χ1v) is 12.0. The quantitative estimate of drug-likeness (QED) is 0.384. The summed E-state index contributed by atoms with van der Waals surface area (Å²) < 4.78 is 9.45. The molecule has 0 saturated carbocycles. The second kappa shape index (κ2) is 8.45. The van der Waals surface area contributed by atoms with E-state index in [1.165, 1.54) is 11.3 Å². The molecule has 0 atom stereocenters. The summed E-state index contributed by atoms with van der Waals surface area (Å²) in [6, 6.07) is 17.9. The van der Waals surface area contributed by atoms with Gasteiger partial charge in [-0.25, -0.2) is 4.79 Å². The van der Waals surface area contributed by atoms with E-state index in [9.17, 15) is 9.59 Å². The molecule has 35 heavy (non-hydrogen) atoms. The maximum Gasteiger partial charge on any atom is 0.410 e. The molecule has 4 aromatic rings. The zero-order valence-electron chi connectivity index (χ0n) is 21.0. The number of amides is 1. The Hall–Kier alpha value is -3.80. The zero-order chi connectivity index (χ0) is 24.9. The van der Waals surface area contributed by atoms with E-state index in [4.69, 9.17) is 4.74 Å². The Morgan fingerprint density at radius 2 is 1.71 bits per heavy atom. The van der Waals surface area contributed by atoms with Crippen molar-refractivity contribution in [1.29, 1.82) is 0 Å². The number of carbonyl (C=O) groups excluding carboxylic acids is 1. The summed E-state index contributed by atoms with van der Waals surface area (Å²) in [4.78, 5) is 27.4. The summed E-state index contributed by atoms with van der Waals surface area (Å²) in [6.07, 6.45) is 2.32. The van der Waals surface area contributed by atoms with Gasteiger partial charge in [-0.15, -0.1) is 0 Å². The van der Waals surface area contributed by atoms with Crippen molar-refractivity contribution in [3.8, 4) is 16.8 Å². The van der Waals surface area contributed by atoms with E-state index in [2.05, 4.69) is 35.9 Å². The first-order valence-electron chi connectivity index (χ1n) is 12.0. The molecule has 0 aliphatic carbocycles. The van der Waals surface area contributed by atoms with Crippen molar-refractivity contribution >= 4 is 17.0 Å². The first kappa shape index (κ1) is 23.0. The number of rotatable bonds is 2. The van der Waals surface area contributed by atoms with E-state index in [0.29, 0.717) is 13.1 Å². The highest BCUT2D eigenvalue weighted by molar-refractivity contribution is 5.88. The summed E-state index contributed by atoms with van der Waals surface area (Å²) in [5.74, 6) is 0. The molecule has 0 radical (unpaired) electrons. The van der Waals surface area contributed by atoms with Crippen LogP contribution in [0, 0.1) is 6.92 Å². The summed E-state index contributed by atoms with van der Waals surface area (Å²) in [5.41, 5.74) is 6.77. The zero-order valence-corrected chi connectivity index (χ0v) is 21.0. The van der Waals surface area contributed by atoms with Crippen LogP contribution >= 0.6 is 0 Å². The van der Waals surface area contributed by atoms with Crippen molar-refractivity contribution in [2.75, 3.05) is 6.54 Å². The minimum absolute atomic E-state index is 0.0718. The van der Waals surface area contributed by atoms with Crippen LogP contribution in [0.25, 0.3) is 27.7 Å². The maximum atomic E-state index is 13.0. The summed E-state index contributed by atoms with van der Waals surface area (Å²) in [7, 11) is 2.05. The van der Waals surface area contributed by atoms with Gasteiger partial charge < -0.3 is 14.2 Å². The van der Waals surface area contributed by atoms with Crippen LogP contribution in [0.1, 0.15) is 37.6 Å². The number of carbonyl (C=O) groups is 1. The molecular weight excluding hydrogens is 438 g/mol. The van der Waals surface area contributed by atoms with Crippen LogP contribution in [0.4, 0.5) is 4.79 Å². The number of aromatic nitrogens is 2. The van der Waals surface area contributed by atoms with E-state index in [1.807, 2.05) is 58.2 Å². The van der Waals surface area contributed by atoms with Gasteiger partial charge in [0.05, 0.1) is 17.7 Å². The molecule has 0 spiro atoms. The molecule has 2 aromatic carbocycles. The summed E-state index contributed by atoms with van der Waals surface area (Å²) in [5, 5.41) is 1.10. The van der Waals surface area contributed by atoms with Gasteiger partial charge in [0, 0.05) is 48.9 Å². The van der Waals surface area contributed by atoms with Gasteiger partial charge in [-0.3, -0.25) is 9.36 Å². The fourth-order valence-electron chi connectivity index (χ4n) is 4.81.